The molecule has 9 heteroatoms. The van der Waals surface area contributed by atoms with Crippen LogP contribution >= 0.6 is 27.9 Å². The second-order valence-corrected chi connectivity index (χ2v) is 5.00. The van der Waals surface area contributed by atoms with Gasteiger partial charge in [0.25, 0.3) is 0 Å². The van der Waals surface area contributed by atoms with Gasteiger partial charge in [0.1, 0.15) is 10.8 Å². The van der Waals surface area contributed by atoms with Crippen LogP contribution in [0.25, 0.3) is 0 Å². The maximum atomic E-state index is 13.4. The van der Waals surface area contributed by atoms with Crippen molar-refractivity contribution in [2.24, 2.45) is 0 Å². The molecule has 2 N–H and O–H groups in total. The van der Waals surface area contributed by atoms with E-state index in [1.54, 1.807) is 0 Å². The molecule has 2 heterocycles. The van der Waals surface area contributed by atoms with Crippen LogP contribution in [0.3, 0.4) is 0 Å². The second-order valence-electron chi connectivity index (χ2n) is 3.26. The number of aliphatic hydroxyl groups is 1. The maximum Gasteiger partial charge on any atom is 0.350 e. The molecule has 0 aromatic carbocycles. The van der Waals surface area contributed by atoms with Crippen LogP contribution in [0.5, 0.6) is 0 Å². The van der Waals surface area contributed by atoms with Crippen LogP contribution in [-0.2, 0) is 4.74 Å². The van der Waals surface area contributed by atoms with Crippen LogP contribution in [0.15, 0.2) is 11.0 Å². The zero-order valence-electron chi connectivity index (χ0n) is 8.47. The quantitative estimate of drug-likeness (QED) is 0.796. The van der Waals surface area contributed by atoms with Gasteiger partial charge >= 0.3 is 5.69 Å². The van der Waals surface area contributed by atoms with Crippen molar-refractivity contribution in [3.05, 3.63) is 22.5 Å². The lowest BCUT2D eigenvalue weighted by atomic mass is 10.5. The summed E-state index contributed by atoms with van der Waals surface area (Å²) < 4.78 is 22.1. The lowest BCUT2D eigenvalue weighted by Gasteiger charge is -2.11. The predicted octanol–water partition coefficient (Wildman–Crippen LogP) is 0.685. The topological polar surface area (TPSA) is 76.4 Å². The molecule has 1 aromatic heterocycles. The van der Waals surface area contributed by atoms with Crippen molar-refractivity contribution in [1.82, 2.24) is 9.55 Å². The highest BCUT2D eigenvalue weighted by atomic mass is 79.9. The number of ether oxygens (including phenoxy) is 1. The first-order valence-corrected chi connectivity index (χ1v) is 6.42. The van der Waals surface area contributed by atoms with Gasteiger partial charge in [-0.05, 0) is 0 Å². The summed E-state index contributed by atoms with van der Waals surface area (Å²) in [6.45, 7) is 0.0882. The van der Waals surface area contributed by atoms with Crippen molar-refractivity contribution in [3.63, 3.8) is 0 Å². The summed E-state index contributed by atoms with van der Waals surface area (Å²) in [6, 6.07) is 0. The molecule has 1 aliphatic rings. The highest BCUT2D eigenvalue weighted by molar-refractivity contribution is 9.10. The first-order chi connectivity index (χ1) is 8.15. The molecule has 94 valence electrons. The van der Waals surface area contributed by atoms with Crippen LogP contribution in [-0.4, -0.2) is 33.3 Å². The van der Waals surface area contributed by atoms with E-state index in [1.807, 2.05) is 0 Å². The van der Waals surface area contributed by atoms with Crippen LogP contribution in [0.4, 0.5) is 10.2 Å². The molecule has 1 saturated heterocycles. The molecule has 2 atom stereocenters. The van der Waals surface area contributed by atoms with E-state index in [0.717, 1.165) is 10.8 Å². The third-order valence-corrected chi connectivity index (χ3v) is 3.83. The van der Waals surface area contributed by atoms with Gasteiger partial charge in [-0.3, -0.25) is 4.57 Å². The van der Waals surface area contributed by atoms with Crippen LogP contribution in [0.2, 0.25) is 0 Å². The molecule has 2 rings (SSSR count). The smallest absolute Gasteiger partial charge is 0.350 e. The zero-order valence-corrected chi connectivity index (χ0v) is 10.9. The summed E-state index contributed by atoms with van der Waals surface area (Å²) in [5.74, 6) is -0.802. The Bertz CT molecular complexity index is 472. The highest BCUT2D eigenvalue weighted by Crippen LogP contribution is 2.34. The summed E-state index contributed by atoms with van der Waals surface area (Å²) in [5.41, 5.74) is -0.961. The number of hydrogen-bond acceptors (Lipinski definition) is 6. The lowest BCUT2D eigenvalue weighted by molar-refractivity contribution is 0.0802. The third-order valence-electron chi connectivity index (χ3n) is 2.19. The molecule has 17 heavy (non-hydrogen) atoms. The maximum absolute atomic E-state index is 13.4. The SMILES string of the molecule is O=c1nc(NBr)c(F)cn1[C@@H]1CO[C@H](CO)S1. The van der Waals surface area contributed by atoms with E-state index in [1.165, 1.54) is 11.8 Å². The average molecular weight is 326 g/mol. The molecule has 0 bridgehead atoms. The molecule has 0 spiro atoms. The van der Waals surface area contributed by atoms with Gasteiger partial charge in [-0.25, -0.2) is 9.18 Å². The molecule has 0 aliphatic carbocycles. The van der Waals surface area contributed by atoms with Gasteiger partial charge in [-0.15, -0.1) is 11.8 Å². The first-order valence-electron chi connectivity index (χ1n) is 4.69. The number of aromatic nitrogens is 2. The molecule has 1 aromatic rings. The number of aliphatic hydroxyl groups excluding tert-OH is 1. The van der Waals surface area contributed by atoms with Crippen molar-refractivity contribution < 1.29 is 14.2 Å². The van der Waals surface area contributed by atoms with Gasteiger partial charge in [0.05, 0.1) is 13.2 Å². The molecule has 0 unspecified atom stereocenters. The van der Waals surface area contributed by atoms with Gasteiger partial charge in [-0.1, -0.05) is 0 Å². The highest BCUT2D eigenvalue weighted by Gasteiger charge is 2.28. The molecular weight excluding hydrogens is 317 g/mol. The fourth-order valence-electron chi connectivity index (χ4n) is 1.40. The summed E-state index contributed by atoms with van der Waals surface area (Å²) in [7, 11) is 0. The zero-order chi connectivity index (χ0) is 12.4. The van der Waals surface area contributed by atoms with Gasteiger partial charge in [0, 0.05) is 22.3 Å². The number of thioether (sulfide) groups is 1. The minimum atomic E-state index is -0.644. The van der Waals surface area contributed by atoms with Crippen molar-refractivity contribution in [2.75, 3.05) is 17.6 Å². The number of hydrogen-bond donors (Lipinski definition) is 2. The molecular formula is C8H9BrFN3O3S. The monoisotopic (exact) mass is 325 g/mol. The van der Waals surface area contributed by atoms with Gasteiger partial charge in [0.2, 0.25) is 0 Å². The second kappa shape index (κ2) is 5.34. The van der Waals surface area contributed by atoms with Crippen LogP contribution in [0, 0.1) is 5.82 Å². The van der Waals surface area contributed by atoms with Gasteiger partial charge in [0.15, 0.2) is 11.6 Å². The molecule has 0 saturated carbocycles. The van der Waals surface area contributed by atoms with Crippen molar-refractivity contribution in [2.45, 2.75) is 10.8 Å². The number of nitrogens with one attached hydrogen (secondary N) is 1. The number of nitrogens with zero attached hydrogens (tertiary/aromatic N) is 2. The van der Waals surface area contributed by atoms with E-state index in [0.29, 0.717) is 0 Å². The van der Waals surface area contributed by atoms with Crippen molar-refractivity contribution >= 4 is 33.7 Å². The van der Waals surface area contributed by atoms with E-state index >= 15 is 0 Å². The Morgan fingerprint density at radius 3 is 3.18 bits per heavy atom. The first kappa shape index (κ1) is 12.8. The van der Waals surface area contributed by atoms with Gasteiger partial charge < -0.3 is 14.2 Å². The Morgan fingerprint density at radius 1 is 1.82 bits per heavy atom. The Labute approximate surface area is 109 Å². The standard InChI is InChI=1S/C8H9BrFN3O3S/c9-12-7-4(10)1-13(8(15)11-7)5-3-16-6(2-14)17-5/h1,5-6,14H,2-3H2,(H,11,12,15)/t5-,6-/m0/s1. The van der Waals surface area contributed by atoms with E-state index in [2.05, 4.69) is 25.5 Å². The Balaban J connectivity index is 2.28. The summed E-state index contributed by atoms with van der Waals surface area (Å²) in [5, 5.41) is 8.53. The normalized spacial score (nSPS) is 23.9. The minimum Gasteiger partial charge on any atom is -0.393 e. The van der Waals surface area contributed by atoms with E-state index in [9.17, 15) is 9.18 Å². The molecule has 1 aliphatic heterocycles. The fourth-order valence-corrected chi connectivity index (χ4v) is 2.71. The predicted molar refractivity (Wildman–Crippen MR) is 64.5 cm³/mol. The molecule has 6 nitrogen and oxygen atoms in total. The Kier molecular flexibility index (Phi) is 4.02. The van der Waals surface area contributed by atoms with E-state index < -0.39 is 11.5 Å². The van der Waals surface area contributed by atoms with Crippen molar-refractivity contribution in [3.8, 4) is 0 Å². The summed E-state index contributed by atoms with van der Waals surface area (Å²) >= 11 is 4.06. The minimum absolute atomic E-state index is 0.146. The fraction of sp³-hybridized carbons (Fsp3) is 0.500. The molecule has 0 radical (unpaired) electrons. The number of anilines is 1. The molecule has 0 amide bonds. The Morgan fingerprint density at radius 2 is 2.59 bits per heavy atom. The number of rotatable bonds is 3. The largest absolute Gasteiger partial charge is 0.393 e. The average Bonchev–Trinajstić information content (AvgIpc) is 2.80. The number of halogens is 2. The summed E-state index contributed by atoms with van der Waals surface area (Å²) in [6.07, 6.45) is 1.07. The Hall–Kier alpha value is -0.640. The van der Waals surface area contributed by atoms with Crippen LogP contribution in [0.1, 0.15) is 5.37 Å². The van der Waals surface area contributed by atoms with E-state index in [4.69, 9.17) is 9.84 Å². The van der Waals surface area contributed by atoms with Crippen molar-refractivity contribution in [1.29, 1.82) is 0 Å². The van der Waals surface area contributed by atoms with Crippen LogP contribution < -0.4 is 10.0 Å². The lowest BCUT2D eigenvalue weighted by Crippen LogP contribution is -2.27. The summed E-state index contributed by atoms with van der Waals surface area (Å²) in [4.78, 5) is 15.2. The molecule has 1 fully saturated rings. The van der Waals surface area contributed by atoms with E-state index in [-0.39, 0.29) is 29.8 Å². The third kappa shape index (κ3) is 2.62. The van der Waals surface area contributed by atoms with Gasteiger partial charge in [-0.2, -0.15) is 4.98 Å².